The van der Waals surface area contributed by atoms with Gasteiger partial charge in [-0.25, -0.2) is 0 Å². The average Bonchev–Trinajstić information content (AvgIpc) is 2.76. The fourth-order valence-electron chi connectivity index (χ4n) is 1.63. The van der Waals surface area contributed by atoms with Crippen LogP contribution < -0.4 is 5.32 Å². The average molecular weight is 284 g/mol. The smallest absolute Gasteiger partial charge is 0.307 e. The molecule has 1 atom stereocenters. The number of hydrogen-bond acceptors (Lipinski definition) is 5. The first-order valence-corrected chi connectivity index (χ1v) is 6.06. The van der Waals surface area contributed by atoms with Crippen LogP contribution in [0.1, 0.15) is 26.2 Å². The Labute approximate surface area is 114 Å². The summed E-state index contributed by atoms with van der Waals surface area (Å²) in [6, 6.07) is -0.160. The molecule has 9 nitrogen and oxygen atoms in total. The third-order valence-corrected chi connectivity index (χ3v) is 2.57. The lowest BCUT2D eigenvalue weighted by molar-refractivity contribution is -0.385. The fourth-order valence-corrected chi connectivity index (χ4v) is 1.63. The Hall–Kier alpha value is -2.45. The molecule has 0 saturated carbocycles. The van der Waals surface area contributed by atoms with Crippen molar-refractivity contribution in [2.24, 2.45) is 0 Å². The van der Waals surface area contributed by atoms with Crippen LogP contribution in [0.15, 0.2) is 12.4 Å². The van der Waals surface area contributed by atoms with Crippen molar-refractivity contribution in [2.45, 2.75) is 38.8 Å². The third kappa shape index (κ3) is 5.46. The molecule has 1 aromatic rings. The molecule has 0 aliphatic heterocycles. The highest BCUT2D eigenvalue weighted by molar-refractivity contribution is 5.76. The SMILES string of the molecule is CC(CCCC(=O)O)NC(=O)Cn1cc([N+](=O)[O-])cn1. The summed E-state index contributed by atoms with van der Waals surface area (Å²) in [6.07, 6.45) is 3.34. The second-order valence-corrected chi connectivity index (χ2v) is 4.41. The van der Waals surface area contributed by atoms with E-state index in [9.17, 15) is 19.7 Å². The van der Waals surface area contributed by atoms with E-state index in [0.29, 0.717) is 12.8 Å². The molecule has 0 aliphatic rings. The Morgan fingerprint density at radius 2 is 2.30 bits per heavy atom. The number of carboxylic acid groups (broad SMARTS) is 1. The molecule has 2 N–H and O–H groups in total. The van der Waals surface area contributed by atoms with Crippen LogP contribution in [0.5, 0.6) is 0 Å². The highest BCUT2D eigenvalue weighted by Crippen LogP contribution is 2.07. The summed E-state index contributed by atoms with van der Waals surface area (Å²) in [5.41, 5.74) is -0.174. The molecule has 1 heterocycles. The molecule has 9 heteroatoms. The Bertz CT molecular complexity index is 499. The van der Waals surface area contributed by atoms with Crippen molar-refractivity contribution in [3.05, 3.63) is 22.5 Å². The molecule has 0 aromatic carbocycles. The number of carbonyl (C=O) groups excluding carboxylic acids is 1. The van der Waals surface area contributed by atoms with Gasteiger partial charge in [0.1, 0.15) is 18.9 Å². The Morgan fingerprint density at radius 3 is 2.85 bits per heavy atom. The van der Waals surface area contributed by atoms with Crippen molar-refractivity contribution in [3.8, 4) is 0 Å². The number of aromatic nitrogens is 2. The van der Waals surface area contributed by atoms with E-state index in [1.165, 1.54) is 10.9 Å². The topological polar surface area (TPSA) is 127 Å². The lowest BCUT2D eigenvalue weighted by Gasteiger charge is -2.13. The highest BCUT2D eigenvalue weighted by Gasteiger charge is 2.12. The zero-order valence-electron chi connectivity index (χ0n) is 11.0. The molecule has 0 radical (unpaired) electrons. The fraction of sp³-hybridized carbons (Fsp3) is 0.545. The number of rotatable bonds is 8. The minimum Gasteiger partial charge on any atom is -0.481 e. The predicted molar refractivity (Wildman–Crippen MR) is 68.0 cm³/mol. The first-order chi connectivity index (χ1) is 9.38. The molecule has 1 aromatic heterocycles. The zero-order chi connectivity index (χ0) is 15.1. The molecule has 1 rings (SSSR count). The summed E-state index contributed by atoms with van der Waals surface area (Å²) in [6.45, 7) is 1.66. The van der Waals surface area contributed by atoms with Gasteiger partial charge in [0.05, 0.1) is 4.92 Å². The largest absolute Gasteiger partial charge is 0.481 e. The van der Waals surface area contributed by atoms with Crippen LogP contribution in [0.2, 0.25) is 0 Å². The number of nitro groups is 1. The van der Waals surface area contributed by atoms with Gasteiger partial charge >= 0.3 is 11.7 Å². The van der Waals surface area contributed by atoms with Crippen LogP contribution in [-0.4, -0.2) is 37.7 Å². The summed E-state index contributed by atoms with van der Waals surface area (Å²) in [7, 11) is 0. The molecule has 0 saturated heterocycles. The van der Waals surface area contributed by atoms with Crippen molar-refractivity contribution in [1.82, 2.24) is 15.1 Å². The summed E-state index contributed by atoms with van der Waals surface area (Å²) in [5, 5.41) is 25.3. The van der Waals surface area contributed by atoms with Gasteiger partial charge in [0.2, 0.25) is 5.91 Å². The molecule has 0 spiro atoms. The van der Waals surface area contributed by atoms with E-state index in [-0.39, 0.29) is 30.6 Å². The molecule has 1 unspecified atom stereocenters. The van der Waals surface area contributed by atoms with Crippen LogP contribution in [-0.2, 0) is 16.1 Å². The highest BCUT2D eigenvalue weighted by atomic mass is 16.6. The van der Waals surface area contributed by atoms with Gasteiger partial charge in [0, 0.05) is 12.5 Å². The number of carbonyl (C=O) groups is 2. The Morgan fingerprint density at radius 1 is 1.60 bits per heavy atom. The lowest BCUT2D eigenvalue weighted by Crippen LogP contribution is -2.35. The Kier molecular flexibility index (Phi) is 5.63. The van der Waals surface area contributed by atoms with Gasteiger partial charge in [-0.05, 0) is 19.8 Å². The summed E-state index contributed by atoms with van der Waals surface area (Å²) < 4.78 is 1.18. The van der Waals surface area contributed by atoms with Crippen LogP contribution in [0.4, 0.5) is 5.69 Å². The molecule has 0 fully saturated rings. The van der Waals surface area contributed by atoms with E-state index < -0.39 is 10.9 Å². The standard InChI is InChI=1S/C11H16N4O5/c1-8(3-2-4-11(17)18)13-10(16)7-14-6-9(5-12-14)15(19)20/h5-6,8H,2-4,7H2,1H3,(H,13,16)(H,17,18). The maximum atomic E-state index is 11.6. The van der Waals surface area contributed by atoms with E-state index >= 15 is 0 Å². The molecule has 110 valence electrons. The molecular weight excluding hydrogens is 268 g/mol. The summed E-state index contributed by atoms with van der Waals surface area (Å²) >= 11 is 0. The third-order valence-electron chi connectivity index (χ3n) is 2.57. The number of nitrogens with one attached hydrogen (secondary N) is 1. The van der Waals surface area contributed by atoms with Crippen molar-refractivity contribution in [1.29, 1.82) is 0 Å². The van der Waals surface area contributed by atoms with E-state index in [4.69, 9.17) is 5.11 Å². The lowest BCUT2D eigenvalue weighted by atomic mass is 10.1. The normalized spacial score (nSPS) is 11.8. The van der Waals surface area contributed by atoms with Gasteiger partial charge in [0.15, 0.2) is 0 Å². The van der Waals surface area contributed by atoms with Gasteiger partial charge in [-0.1, -0.05) is 0 Å². The molecule has 1 amide bonds. The molecule has 0 aliphatic carbocycles. The molecule has 0 bridgehead atoms. The zero-order valence-corrected chi connectivity index (χ0v) is 11.0. The van der Waals surface area contributed by atoms with Gasteiger partial charge < -0.3 is 10.4 Å². The van der Waals surface area contributed by atoms with Crippen molar-refractivity contribution in [2.75, 3.05) is 0 Å². The Balaban J connectivity index is 2.35. The van der Waals surface area contributed by atoms with Crippen molar-refractivity contribution in [3.63, 3.8) is 0 Å². The number of amides is 1. The maximum absolute atomic E-state index is 11.6. The number of carboxylic acids is 1. The van der Waals surface area contributed by atoms with Crippen molar-refractivity contribution < 1.29 is 19.6 Å². The van der Waals surface area contributed by atoms with E-state index in [0.717, 1.165) is 6.20 Å². The van der Waals surface area contributed by atoms with E-state index in [1.54, 1.807) is 6.92 Å². The van der Waals surface area contributed by atoms with E-state index in [1.807, 2.05) is 0 Å². The van der Waals surface area contributed by atoms with Gasteiger partial charge in [-0.2, -0.15) is 5.10 Å². The van der Waals surface area contributed by atoms with Crippen LogP contribution >= 0.6 is 0 Å². The quantitative estimate of drug-likeness (QED) is 0.530. The van der Waals surface area contributed by atoms with Gasteiger partial charge in [-0.3, -0.25) is 24.4 Å². The van der Waals surface area contributed by atoms with Gasteiger partial charge in [-0.15, -0.1) is 0 Å². The van der Waals surface area contributed by atoms with Crippen LogP contribution in [0.3, 0.4) is 0 Å². The minimum atomic E-state index is -0.868. The van der Waals surface area contributed by atoms with E-state index in [2.05, 4.69) is 10.4 Å². The van der Waals surface area contributed by atoms with Crippen LogP contribution in [0, 0.1) is 10.1 Å². The second kappa shape index (κ2) is 7.22. The summed E-state index contributed by atoms with van der Waals surface area (Å²) in [5.74, 6) is -1.20. The monoisotopic (exact) mass is 284 g/mol. The van der Waals surface area contributed by atoms with Gasteiger partial charge in [0.25, 0.3) is 0 Å². The minimum absolute atomic E-state index is 0.0611. The maximum Gasteiger partial charge on any atom is 0.307 e. The number of hydrogen-bond donors (Lipinski definition) is 2. The number of aliphatic carboxylic acids is 1. The molecular formula is C11H16N4O5. The summed E-state index contributed by atoms with van der Waals surface area (Å²) in [4.78, 5) is 31.9. The molecule has 20 heavy (non-hydrogen) atoms. The van der Waals surface area contributed by atoms with Crippen molar-refractivity contribution >= 4 is 17.6 Å². The first kappa shape index (κ1) is 15.6. The second-order valence-electron chi connectivity index (χ2n) is 4.41. The van der Waals surface area contributed by atoms with Crippen LogP contribution in [0.25, 0.3) is 0 Å². The predicted octanol–water partition coefficient (Wildman–Crippen LogP) is 0.551. The number of nitrogens with zero attached hydrogens (tertiary/aromatic N) is 3. The first-order valence-electron chi connectivity index (χ1n) is 6.06.